The zero-order chi connectivity index (χ0) is 16.3. The molecule has 0 saturated heterocycles. The summed E-state index contributed by atoms with van der Waals surface area (Å²) < 4.78 is 27.7. The van der Waals surface area contributed by atoms with Crippen LogP contribution in [0.2, 0.25) is 0 Å². The summed E-state index contributed by atoms with van der Waals surface area (Å²) >= 11 is 0. The maximum Gasteiger partial charge on any atom is 0.270 e. The molecule has 0 aliphatic heterocycles. The lowest BCUT2D eigenvalue weighted by Gasteiger charge is -2.31. The summed E-state index contributed by atoms with van der Waals surface area (Å²) in [6.07, 6.45) is 1.86. The molecule has 0 aliphatic carbocycles. The van der Waals surface area contributed by atoms with Crippen molar-refractivity contribution in [2.75, 3.05) is 5.73 Å². The van der Waals surface area contributed by atoms with Crippen LogP contribution in [0, 0.1) is 10.1 Å². The molecule has 0 bridgehead atoms. The Morgan fingerprint density at radius 1 is 1.24 bits per heavy atom. The first-order valence-corrected chi connectivity index (χ1v) is 8.27. The van der Waals surface area contributed by atoms with E-state index in [4.69, 9.17) is 5.73 Å². The predicted molar refractivity (Wildman–Crippen MR) is 81.4 cm³/mol. The summed E-state index contributed by atoms with van der Waals surface area (Å²) in [5.41, 5.74) is 4.79. The second-order valence-corrected chi connectivity index (χ2v) is 6.58. The van der Waals surface area contributed by atoms with Crippen molar-refractivity contribution >= 4 is 21.4 Å². The first-order chi connectivity index (χ1) is 9.71. The number of benzene rings is 1. The van der Waals surface area contributed by atoms with E-state index < -0.39 is 20.5 Å². The second-order valence-electron chi connectivity index (χ2n) is 4.93. The minimum absolute atomic E-state index is 0.00897. The largest absolute Gasteiger partial charge is 0.398 e. The van der Waals surface area contributed by atoms with Crippen LogP contribution in [0.25, 0.3) is 0 Å². The molecular weight excluding hydrogens is 294 g/mol. The SMILES string of the molecule is CCC(CC)(CC)NS(=O)(=O)c1cc([N+](=O)[O-])ccc1N. The quantitative estimate of drug-likeness (QED) is 0.455. The molecule has 118 valence electrons. The Bertz CT molecular complexity index is 616. The maximum atomic E-state index is 12.5. The molecule has 0 heterocycles. The van der Waals surface area contributed by atoms with Gasteiger partial charge in [-0.25, -0.2) is 13.1 Å². The van der Waals surface area contributed by atoms with E-state index in [1.807, 2.05) is 20.8 Å². The van der Waals surface area contributed by atoms with Crippen molar-refractivity contribution in [3.8, 4) is 0 Å². The molecule has 7 nitrogen and oxygen atoms in total. The third kappa shape index (κ3) is 3.70. The molecule has 0 spiro atoms. The first-order valence-electron chi connectivity index (χ1n) is 6.79. The van der Waals surface area contributed by atoms with Crippen LogP contribution in [-0.2, 0) is 10.0 Å². The third-order valence-electron chi connectivity index (χ3n) is 3.88. The molecule has 1 rings (SSSR count). The fourth-order valence-corrected chi connectivity index (χ4v) is 3.94. The summed E-state index contributed by atoms with van der Waals surface area (Å²) in [7, 11) is -3.92. The van der Waals surface area contributed by atoms with E-state index in [1.165, 1.54) is 12.1 Å². The van der Waals surface area contributed by atoms with Gasteiger partial charge in [-0.2, -0.15) is 0 Å². The Morgan fingerprint density at radius 2 is 1.76 bits per heavy atom. The predicted octanol–water partition coefficient (Wildman–Crippen LogP) is 2.42. The van der Waals surface area contributed by atoms with Gasteiger partial charge >= 0.3 is 0 Å². The van der Waals surface area contributed by atoms with Gasteiger partial charge in [0, 0.05) is 17.7 Å². The van der Waals surface area contributed by atoms with Crippen LogP contribution in [-0.4, -0.2) is 18.9 Å². The van der Waals surface area contributed by atoms with E-state index >= 15 is 0 Å². The number of hydrogen-bond acceptors (Lipinski definition) is 5. The highest BCUT2D eigenvalue weighted by molar-refractivity contribution is 7.89. The van der Waals surface area contributed by atoms with Gasteiger partial charge in [-0.05, 0) is 25.3 Å². The van der Waals surface area contributed by atoms with Crippen molar-refractivity contribution in [2.24, 2.45) is 0 Å². The normalized spacial score (nSPS) is 12.3. The Hall–Kier alpha value is -1.67. The summed E-state index contributed by atoms with van der Waals surface area (Å²) in [6, 6.07) is 3.41. The van der Waals surface area contributed by atoms with E-state index in [1.54, 1.807) is 0 Å². The van der Waals surface area contributed by atoms with E-state index in [9.17, 15) is 18.5 Å². The van der Waals surface area contributed by atoms with Crippen molar-refractivity contribution in [3.05, 3.63) is 28.3 Å². The number of nitrogens with zero attached hydrogens (tertiary/aromatic N) is 1. The summed E-state index contributed by atoms with van der Waals surface area (Å²) in [5, 5.41) is 10.8. The molecule has 21 heavy (non-hydrogen) atoms. The van der Waals surface area contributed by atoms with Gasteiger partial charge in [0.15, 0.2) is 0 Å². The number of anilines is 1. The number of nitrogens with one attached hydrogen (secondary N) is 1. The third-order valence-corrected chi connectivity index (χ3v) is 5.51. The lowest BCUT2D eigenvalue weighted by Crippen LogP contribution is -2.47. The summed E-state index contributed by atoms with van der Waals surface area (Å²) in [6.45, 7) is 5.69. The molecule has 8 heteroatoms. The van der Waals surface area contributed by atoms with Crippen LogP contribution in [0.5, 0.6) is 0 Å². The molecule has 0 fully saturated rings. The zero-order valence-electron chi connectivity index (χ0n) is 12.4. The van der Waals surface area contributed by atoms with Crippen LogP contribution in [0.4, 0.5) is 11.4 Å². The highest BCUT2D eigenvalue weighted by Gasteiger charge is 2.32. The zero-order valence-corrected chi connectivity index (χ0v) is 13.2. The van der Waals surface area contributed by atoms with Gasteiger partial charge in [-0.3, -0.25) is 10.1 Å². The molecule has 1 aromatic carbocycles. The van der Waals surface area contributed by atoms with Crippen molar-refractivity contribution in [1.82, 2.24) is 4.72 Å². The smallest absolute Gasteiger partial charge is 0.270 e. The molecule has 1 aromatic rings. The van der Waals surface area contributed by atoms with Crippen LogP contribution in [0.3, 0.4) is 0 Å². The van der Waals surface area contributed by atoms with E-state index in [2.05, 4.69) is 4.72 Å². The standard InChI is InChI=1S/C13H21N3O4S/c1-4-13(5-2,6-3)15-21(19,20)12-9-10(16(17)18)7-8-11(12)14/h7-9,15H,4-6,14H2,1-3H3. The van der Waals surface area contributed by atoms with Crippen LogP contribution >= 0.6 is 0 Å². The van der Waals surface area contributed by atoms with Crippen molar-refractivity contribution in [2.45, 2.75) is 50.5 Å². The second kappa shape index (κ2) is 6.40. The highest BCUT2D eigenvalue weighted by Crippen LogP contribution is 2.28. The number of nitro groups is 1. The van der Waals surface area contributed by atoms with Gasteiger partial charge < -0.3 is 5.73 Å². The number of nitrogens with two attached hydrogens (primary N) is 1. The van der Waals surface area contributed by atoms with Crippen molar-refractivity contribution < 1.29 is 13.3 Å². The Kier molecular flexibility index (Phi) is 5.30. The van der Waals surface area contributed by atoms with E-state index in [-0.39, 0.29) is 16.3 Å². The first kappa shape index (κ1) is 17.4. The number of rotatable bonds is 7. The fraction of sp³-hybridized carbons (Fsp3) is 0.538. The van der Waals surface area contributed by atoms with E-state index in [0.29, 0.717) is 19.3 Å². The van der Waals surface area contributed by atoms with Gasteiger partial charge in [0.1, 0.15) is 4.90 Å². The average molecular weight is 315 g/mol. The minimum atomic E-state index is -3.92. The van der Waals surface area contributed by atoms with Gasteiger partial charge in [0.25, 0.3) is 5.69 Å². The monoisotopic (exact) mass is 315 g/mol. The molecule has 0 aliphatic rings. The summed E-state index contributed by atoms with van der Waals surface area (Å²) in [5.74, 6) is 0. The molecule has 0 unspecified atom stereocenters. The van der Waals surface area contributed by atoms with Gasteiger partial charge in [-0.1, -0.05) is 20.8 Å². The molecule has 3 N–H and O–H groups in total. The Labute approximate surface area is 124 Å². The molecular formula is C13H21N3O4S. The summed E-state index contributed by atoms with van der Waals surface area (Å²) in [4.78, 5) is 9.89. The molecule has 0 saturated carbocycles. The molecule has 0 aromatic heterocycles. The van der Waals surface area contributed by atoms with Crippen LogP contribution < -0.4 is 10.5 Å². The minimum Gasteiger partial charge on any atom is -0.398 e. The van der Waals surface area contributed by atoms with Crippen LogP contribution in [0.15, 0.2) is 23.1 Å². The number of sulfonamides is 1. The lowest BCUT2D eigenvalue weighted by molar-refractivity contribution is -0.385. The fourth-order valence-electron chi connectivity index (χ4n) is 2.18. The van der Waals surface area contributed by atoms with Crippen molar-refractivity contribution in [1.29, 1.82) is 0 Å². The highest BCUT2D eigenvalue weighted by atomic mass is 32.2. The molecule has 0 atom stereocenters. The molecule has 0 amide bonds. The van der Waals surface area contributed by atoms with Crippen LogP contribution in [0.1, 0.15) is 40.0 Å². The number of non-ortho nitro benzene ring substituents is 1. The number of hydrogen-bond donors (Lipinski definition) is 2. The van der Waals surface area contributed by atoms with E-state index in [0.717, 1.165) is 6.07 Å². The van der Waals surface area contributed by atoms with Gasteiger partial charge in [0.2, 0.25) is 10.0 Å². The topological polar surface area (TPSA) is 115 Å². The lowest BCUT2D eigenvalue weighted by atomic mass is 9.91. The Balaban J connectivity index is 3.31. The average Bonchev–Trinajstić information content (AvgIpc) is 2.45. The number of nitro benzene ring substituents is 1. The maximum absolute atomic E-state index is 12.5. The Morgan fingerprint density at radius 3 is 2.19 bits per heavy atom. The van der Waals surface area contributed by atoms with Crippen molar-refractivity contribution in [3.63, 3.8) is 0 Å². The number of nitrogen functional groups attached to an aromatic ring is 1. The van der Waals surface area contributed by atoms with Gasteiger partial charge in [0.05, 0.1) is 10.6 Å². The van der Waals surface area contributed by atoms with Gasteiger partial charge in [-0.15, -0.1) is 0 Å². The molecule has 0 radical (unpaired) electrons.